The molecule has 2 heterocycles. The van der Waals surface area contributed by atoms with Gasteiger partial charge in [0.25, 0.3) is 5.91 Å². The molecule has 3 rings (SSSR count). The first-order chi connectivity index (χ1) is 12.7. The maximum Gasteiger partial charge on any atom is 0.270 e. The number of nitrogens with zero attached hydrogens (tertiary/aromatic N) is 2. The highest BCUT2D eigenvalue weighted by atomic mass is 32.2. The number of rotatable bonds is 5. The predicted molar refractivity (Wildman–Crippen MR) is 105 cm³/mol. The Morgan fingerprint density at radius 1 is 1.26 bits per heavy atom. The van der Waals surface area contributed by atoms with Crippen molar-refractivity contribution in [3.8, 4) is 0 Å². The quantitative estimate of drug-likeness (QED) is 0.816. The SMILES string of the molecule is Cc1cccc(C(C)C)c1Nc1cc(C(=O)NC2CCS(=O)(=O)C2)ncn1. The molecule has 0 bridgehead atoms. The third-order valence-corrected chi connectivity index (χ3v) is 6.42. The summed E-state index contributed by atoms with van der Waals surface area (Å²) in [6, 6.07) is 7.32. The normalized spacial score (nSPS) is 18.4. The van der Waals surface area contributed by atoms with Crippen molar-refractivity contribution in [2.45, 2.75) is 39.2 Å². The van der Waals surface area contributed by atoms with Crippen molar-refractivity contribution in [2.24, 2.45) is 0 Å². The lowest BCUT2D eigenvalue weighted by atomic mass is 9.98. The van der Waals surface area contributed by atoms with Crippen LogP contribution in [0.3, 0.4) is 0 Å². The minimum Gasteiger partial charge on any atom is -0.347 e. The van der Waals surface area contributed by atoms with Gasteiger partial charge in [0.2, 0.25) is 0 Å². The zero-order chi connectivity index (χ0) is 19.6. The highest BCUT2D eigenvalue weighted by Crippen LogP contribution is 2.29. The summed E-state index contributed by atoms with van der Waals surface area (Å²) in [6.45, 7) is 6.26. The number of sulfone groups is 1. The fraction of sp³-hybridized carbons (Fsp3) is 0.421. The Morgan fingerprint density at radius 3 is 2.70 bits per heavy atom. The van der Waals surface area contributed by atoms with Crippen molar-refractivity contribution < 1.29 is 13.2 Å². The third-order valence-electron chi connectivity index (χ3n) is 4.65. The van der Waals surface area contributed by atoms with Crippen molar-refractivity contribution in [1.82, 2.24) is 15.3 Å². The van der Waals surface area contributed by atoms with Gasteiger partial charge >= 0.3 is 0 Å². The van der Waals surface area contributed by atoms with E-state index in [9.17, 15) is 13.2 Å². The number of aromatic nitrogens is 2. The van der Waals surface area contributed by atoms with Gasteiger partial charge in [-0.2, -0.15) is 0 Å². The number of amides is 1. The molecule has 27 heavy (non-hydrogen) atoms. The van der Waals surface area contributed by atoms with Gasteiger partial charge in [-0.1, -0.05) is 32.0 Å². The molecule has 1 unspecified atom stereocenters. The van der Waals surface area contributed by atoms with Gasteiger partial charge in [0, 0.05) is 17.8 Å². The Hall–Kier alpha value is -2.48. The second kappa shape index (κ2) is 7.64. The number of anilines is 2. The fourth-order valence-electron chi connectivity index (χ4n) is 3.19. The van der Waals surface area contributed by atoms with E-state index in [1.807, 2.05) is 19.1 Å². The summed E-state index contributed by atoms with van der Waals surface area (Å²) in [5.41, 5.74) is 3.42. The molecule has 2 N–H and O–H groups in total. The highest BCUT2D eigenvalue weighted by Gasteiger charge is 2.29. The van der Waals surface area contributed by atoms with Crippen LogP contribution in [0.4, 0.5) is 11.5 Å². The van der Waals surface area contributed by atoms with Gasteiger partial charge in [0.15, 0.2) is 9.84 Å². The molecule has 1 atom stereocenters. The summed E-state index contributed by atoms with van der Waals surface area (Å²) in [5, 5.41) is 6.04. The largest absolute Gasteiger partial charge is 0.347 e. The van der Waals surface area contributed by atoms with Crippen LogP contribution in [0.2, 0.25) is 0 Å². The molecule has 1 saturated heterocycles. The smallest absolute Gasteiger partial charge is 0.270 e. The molecule has 8 heteroatoms. The average Bonchev–Trinajstić information content (AvgIpc) is 2.95. The first-order valence-corrected chi connectivity index (χ1v) is 10.8. The molecule has 1 aromatic heterocycles. The maximum absolute atomic E-state index is 12.4. The van der Waals surface area contributed by atoms with Crippen LogP contribution in [0.1, 0.15) is 47.8 Å². The highest BCUT2D eigenvalue weighted by molar-refractivity contribution is 7.91. The standard InChI is InChI=1S/C19H24N4O3S/c1-12(2)15-6-4-5-13(3)18(15)23-17-9-16(20-11-21-17)19(24)22-14-7-8-27(25,26)10-14/h4-6,9,11-12,14H,7-8,10H2,1-3H3,(H,22,24)(H,20,21,23). The first kappa shape index (κ1) is 19.3. The molecule has 0 aliphatic carbocycles. The van der Waals surface area contributed by atoms with E-state index < -0.39 is 15.7 Å². The van der Waals surface area contributed by atoms with E-state index in [0.29, 0.717) is 18.2 Å². The van der Waals surface area contributed by atoms with E-state index in [1.165, 1.54) is 6.33 Å². The third kappa shape index (κ3) is 4.63. The summed E-state index contributed by atoms with van der Waals surface area (Å²) in [7, 11) is -3.05. The Bertz CT molecular complexity index is 957. The second-order valence-corrected chi connectivity index (χ2v) is 9.41. The molecule has 1 aliphatic heterocycles. The van der Waals surface area contributed by atoms with Crippen LogP contribution < -0.4 is 10.6 Å². The lowest BCUT2D eigenvalue weighted by Crippen LogP contribution is -2.36. The molecular formula is C19H24N4O3S. The summed E-state index contributed by atoms with van der Waals surface area (Å²) in [4.78, 5) is 20.7. The van der Waals surface area contributed by atoms with Gasteiger partial charge in [-0.15, -0.1) is 0 Å². The first-order valence-electron chi connectivity index (χ1n) is 8.95. The van der Waals surface area contributed by atoms with Crippen LogP contribution in [0.5, 0.6) is 0 Å². The number of benzene rings is 1. The summed E-state index contributed by atoms with van der Waals surface area (Å²) in [6.07, 6.45) is 1.77. The van der Waals surface area contributed by atoms with Crippen molar-refractivity contribution in [3.63, 3.8) is 0 Å². The molecule has 0 spiro atoms. The molecule has 1 fully saturated rings. The number of carbonyl (C=O) groups excluding carboxylic acids is 1. The minimum atomic E-state index is -3.05. The monoisotopic (exact) mass is 388 g/mol. The van der Waals surface area contributed by atoms with E-state index in [1.54, 1.807) is 6.07 Å². The predicted octanol–water partition coefficient (Wildman–Crippen LogP) is 2.57. The Labute approximate surface area is 159 Å². The zero-order valence-electron chi connectivity index (χ0n) is 15.7. The van der Waals surface area contributed by atoms with Crippen LogP contribution in [0.15, 0.2) is 30.6 Å². The van der Waals surface area contributed by atoms with Gasteiger partial charge in [-0.3, -0.25) is 4.79 Å². The Balaban J connectivity index is 1.78. The van der Waals surface area contributed by atoms with Gasteiger partial charge < -0.3 is 10.6 Å². The molecular weight excluding hydrogens is 364 g/mol. The number of para-hydroxylation sites is 1. The lowest BCUT2D eigenvalue weighted by molar-refractivity contribution is 0.0936. The van der Waals surface area contributed by atoms with E-state index in [2.05, 4.69) is 40.5 Å². The molecule has 0 radical (unpaired) electrons. The van der Waals surface area contributed by atoms with E-state index in [4.69, 9.17) is 0 Å². The van der Waals surface area contributed by atoms with Crippen molar-refractivity contribution in [2.75, 3.05) is 16.8 Å². The molecule has 1 amide bonds. The second-order valence-electron chi connectivity index (χ2n) is 7.18. The van der Waals surface area contributed by atoms with Gasteiger partial charge in [-0.05, 0) is 30.4 Å². The van der Waals surface area contributed by atoms with Crippen molar-refractivity contribution >= 4 is 27.2 Å². The number of hydrogen-bond acceptors (Lipinski definition) is 6. The Kier molecular flexibility index (Phi) is 5.46. The van der Waals surface area contributed by atoms with Gasteiger partial charge in [-0.25, -0.2) is 18.4 Å². The van der Waals surface area contributed by atoms with E-state index in [0.717, 1.165) is 16.8 Å². The zero-order valence-corrected chi connectivity index (χ0v) is 16.5. The molecule has 7 nitrogen and oxygen atoms in total. The average molecular weight is 388 g/mol. The number of nitrogens with one attached hydrogen (secondary N) is 2. The molecule has 0 saturated carbocycles. The number of carbonyl (C=O) groups is 1. The van der Waals surface area contributed by atoms with Gasteiger partial charge in [0.1, 0.15) is 17.8 Å². The topological polar surface area (TPSA) is 101 Å². The van der Waals surface area contributed by atoms with E-state index in [-0.39, 0.29) is 23.2 Å². The van der Waals surface area contributed by atoms with Crippen LogP contribution in [-0.2, 0) is 9.84 Å². The molecule has 2 aromatic rings. The molecule has 1 aromatic carbocycles. The summed E-state index contributed by atoms with van der Waals surface area (Å²) in [5.74, 6) is 0.554. The summed E-state index contributed by atoms with van der Waals surface area (Å²) < 4.78 is 23.1. The van der Waals surface area contributed by atoms with Crippen molar-refractivity contribution in [1.29, 1.82) is 0 Å². The molecule has 144 valence electrons. The van der Waals surface area contributed by atoms with Crippen molar-refractivity contribution in [3.05, 3.63) is 47.4 Å². The minimum absolute atomic E-state index is 0.0180. The van der Waals surface area contributed by atoms with Crippen LogP contribution in [0, 0.1) is 6.92 Å². The lowest BCUT2D eigenvalue weighted by Gasteiger charge is -2.17. The van der Waals surface area contributed by atoms with Crippen LogP contribution in [0.25, 0.3) is 0 Å². The molecule has 1 aliphatic rings. The number of aryl methyl sites for hydroxylation is 1. The van der Waals surface area contributed by atoms with Crippen LogP contribution >= 0.6 is 0 Å². The maximum atomic E-state index is 12.4. The van der Waals surface area contributed by atoms with Crippen LogP contribution in [-0.4, -0.2) is 41.8 Å². The Morgan fingerprint density at radius 2 is 2.04 bits per heavy atom. The summed E-state index contributed by atoms with van der Waals surface area (Å²) >= 11 is 0. The fourth-order valence-corrected chi connectivity index (χ4v) is 4.86. The van der Waals surface area contributed by atoms with E-state index >= 15 is 0 Å². The number of hydrogen-bond donors (Lipinski definition) is 2. The van der Waals surface area contributed by atoms with Gasteiger partial charge in [0.05, 0.1) is 11.5 Å².